The lowest BCUT2D eigenvalue weighted by Crippen LogP contribution is -2.41. The van der Waals surface area contributed by atoms with Crippen molar-refractivity contribution in [3.05, 3.63) is 35.9 Å². The van der Waals surface area contributed by atoms with Crippen LogP contribution in [0.3, 0.4) is 0 Å². The number of carbonyl (C=O) groups is 1. The van der Waals surface area contributed by atoms with Gasteiger partial charge >= 0.3 is 6.01 Å². The molecule has 0 unspecified atom stereocenters. The number of amides is 1. The van der Waals surface area contributed by atoms with Crippen LogP contribution in [0.4, 0.5) is 0 Å². The Morgan fingerprint density at radius 1 is 1.30 bits per heavy atom. The zero-order valence-corrected chi connectivity index (χ0v) is 13.3. The molecule has 2 heterocycles. The van der Waals surface area contributed by atoms with E-state index in [0.717, 1.165) is 25.7 Å². The van der Waals surface area contributed by atoms with Crippen molar-refractivity contribution in [2.24, 2.45) is 0 Å². The second-order valence-electron chi connectivity index (χ2n) is 5.55. The first kappa shape index (κ1) is 15.7. The van der Waals surface area contributed by atoms with Gasteiger partial charge in [0.15, 0.2) is 0 Å². The Kier molecular flexibility index (Phi) is 5.07. The summed E-state index contributed by atoms with van der Waals surface area (Å²) in [5, 5.41) is 7.56. The molecule has 0 atom stereocenters. The smallest absolute Gasteiger partial charge is 0.316 e. The lowest BCUT2D eigenvalue weighted by Gasteiger charge is -2.28. The topological polar surface area (TPSA) is 81.9 Å². The van der Waals surface area contributed by atoms with Crippen molar-refractivity contribution in [3.63, 3.8) is 0 Å². The number of aromatic nitrogens is 4. The van der Waals surface area contributed by atoms with Crippen molar-refractivity contribution in [2.45, 2.75) is 44.4 Å². The molecule has 7 nitrogen and oxygen atoms in total. The van der Waals surface area contributed by atoms with Gasteiger partial charge in [0.25, 0.3) is 0 Å². The summed E-state index contributed by atoms with van der Waals surface area (Å²) in [6.07, 6.45) is 10.0. The molecule has 1 aliphatic carbocycles. The van der Waals surface area contributed by atoms with Gasteiger partial charge in [-0.25, -0.2) is 9.97 Å². The summed E-state index contributed by atoms with van der Waals surface area (Å²) >= 11 is 5.75. The Balaban J connectivity index is 1.41. The molecule has 1 aliphatic rings. The molecule has 0 spiro atoms. The van der Waals surface area contributed by atoms with Gasteiger partial charge in [-0.1, -0.05) is 11.6 Å². The molecule has 2 aromatic heterocycles. The molecule has 0 aromatic carbocycles. The maximum Gasteiger partial charge on any atom is 0.316 e. The highest BCUT2D eigenvalue weighted by Crippen LogP contribution is 2.22. The first-order valence-electron chi connectivity index (χ1n) is 7.60. The first-order chi connectivity index (χ1) is 11.2. The van der Waals surface area contributed by atoms with E-state index in [2.05, 4.69) is 20.4 Å². The molecule has 8 heteroatoms. The third kappa shape index (κ3) is 4.66. The molecule has 23 heavy (non-hydrogen) atoms. The number of hydrogen-bond donors (Lipinski definition) is 1. The van der Waals surface area contributed by atoms with Crippen LogP contribution >= 0.6 is 11.6 Å². The Hall–Kier alpha value is -2.15. The van der Waals surface area contributed by atoms with Crippen LogP contribution in [0.25, 0.3) is 0 Å². The molecule has 122 valence electrons. The van der Waals surface area contributed by atoms with Gasteiger partial charge in [-0.05, 0) is 31.7 Å². The predicted octanol–water partition coefficient (Wildman–Crippen LogP) is 1.83. The molecule has 3 rings (SSSR count). The monoisotopic (exact) mass is 335 g/mol. The summed E-state index contributed by atoms with van der Waals surface area (Å²) in [4.78, 5) is 20.0. The summed E-state index contributed by atoms with van der Waals surface area (Å²) in [5.41, 5.74) is 0. The Bertz CT molecular complexity index is 624. The van der Waals surface area contributed by atoms with Gasteiger partial charge in [0, 0.05) is 18.4 Å². The minimum Gasteiger partial charge on any atom is -0.460 e. The minimum atomic E-state index is -0.0147. The van der Waals surface area contributed by atoms with E-state index < -0.39 is 0 Å². The van der Waals surface area contributed by atoms with E-state index in [1.165, 1.54) is 12.4 Å². The van der Waals surface area contributed by atoms with E-state index in [1.807, 2.05) is 0 Å². The minimum absolute atomic E-state index is 0.0147. The van der Waals surface area contributed by atoms with Gasteiger partial charge in [0.2, 0.25) is 5.91 Å². The molecular weight excluding hydrogens is 318 g/mol. The maximum atomic E-state index is 11.9. The highest BCUT2D eigenvalue weighted by Gasteiger charge is 2.24. The maximum absolute atomic E-state index is 11.9. The Labute approximate surface area is 139 Å². The van der Waals surface area contributed by atoms with Crippen molar-refractivity contribution in [2.75, 3.05) is 0 Å². The van der Waals surface area contributed by atoms with Crippen LogP contribution in [0.1, 0.15) is 25.7 Å². The average Bonchev–Trinajstić information content (AvgIpc) is 3.04. The van der Waals surface area contributed by atoms with E-state index in [9.17, 15) is 4.79 Å². The van der Waals surface area contributed by atoms with Crippen molar-refractivity contribution in [1.29, 1.82) is 0 Å². The molecule has 1 amide bonds. The number of rotatable bonds is 5. The SMILES string of the molecule is O=C(Cn1cccn1)NC1CCC(Oc2ncc(Cl)cn2)CC1. The van der Waals surface area contributed by atoms with Crippen molar-refractivity contribution < 1.29 is 9.53 Å². The quantitative estimate of drug-likeness (QED) is 0.901. The fourth-order valence-electron chi connectivity index (χ4n) is 2.65. The summed E-state index contributed by atoms with van der Waals surface area (Å²) in [7, 11) is 0. The summed E-state index contributed by atoms with van der Waals surface area (Å²) in [6.45, 7) is 0.252. The molecule has 1 fully saturated rings. The fourth-order valence-corrected chi connectivity index (χ4v) is 2.75. The predicted molar refractivity (Wildman–Crippen MR) is 84.1 cm³/mol. The van der Waals surface area contributed by atoms with Gasteiger partial charge in [0.05, 0.1) is 17.4 Å². The highest BCUT2D eigenvalue weighted by molar-refractivity contribution is 6.30. The number of ether oxygens (including phenoxy) is 1. The average molecular weight is 336 g/mol. The van der Waals surface area contributed by atoms with E-state index in [1.54, 1.807) is 23.1 Å². The second-order valence-corrected chi connectivity index (χ2v) is 5.98. The van der Waals surface area contributed by atoms with Gasteiger partial charge in [-0.2, -0.15) is 5.10 Å². The molecule has 1 saturated carbocycles. The Morgan fingerprint density at radius 2 is 2.04 bits per heavy atom. The number of nitrogens with zero attached hydrogens (tertiary/aromatic N) is 4. The van der Waals surface area contributed by atoms with Gasteiger partial charge in [0.1, 0.15) is 12.6 Å². The van der Waals surface area contributed by atoms with Crippen molar-refractivity contribution in [3.8, 4) is 6.01 Å². The third-order valence-corrected chi connectivity index (χ3v) is 3.97. The number of nitrogens with one attached hydrogen (secondary N) is 1. The third-order valence-electron chi connectivity index (χ3n) is 3.77. The molecule has 2 aromatic rings. The summed E-state index contributed by atoms with van der Waals surface area (Å²) in [5.74, 6) is -0.0147. The molecule has 0 radical (unpaired) electrons. The van der Waals surface area contributed by atoms with Crippen LogP contribution < -0.4 is 10.1 Å². The number of carbonyl (C=O) groups excluding carboxylic acids is 1. The van der Waals surface area contributed by atoms with Gasteiger partial charge in [-0.3, -0.25) is 9.48 Å². The number of hydrogen-bond acceptors (Lipinski definition) is 5. The van der Waals surface area contributed by atoms with Crippen molar-refractivity contribution in [1.82, 2.24) is 25.1 Å². The standard InChI is InChI=1S/C15H18ClN5O2/c16-11-8-17-15(18-9-11)23-13-4-2-12(3-5-13)20-14(22)10-21-7-1-6-19-21/h1,6-9,12-13H,2-5,10H2,(H,20,22). The van der Waals surface area contributed by atoms with Crippen LogP contribution in [0.15, 0.2) is 30.9 Å². The lowest BCUT2D eigenvalue weighted by molar-refractivity contribution is -0.122. The van der Waals surface area contributed by atoms with Crippen LogP contribution in [0.5, 0.6) is 6.01 Å². The zero-order valence-electron chi connectivity index (χ0n) is 12.6. The Morgan fingerprint density at radius 3 is 2.70 bits per heavy atom. The molecule has 0 saturated heterocycles. The fraction of sp³-hybridized carbons (Fsp3) is 0.467. The normalized spacial score (nSPS) is 20.9. The van der Waals surface area contributed by atoms with E-state index in [4.69, 9.17) is 16.3 Å². The van der Waals surface area contributed by atoms with E-state index in [0.29, 0.717) is 11.0 Å². The zero-order chi connectivity index (χ0) is 16.1. The van der Waals surface area contributed by atoms with Crippen LogP contribution in [0, 0.1) is 0 Å². The lowest BCUT2D eigenvalue weighted by atomic mass is 9.93. The van der Waals surface area contributed by atoms with E-state index >= 15 is 0 Å². The van der Waals surface area contributed by atoms with Crippen LogP contribution in [-0.2, 0) is 11.3 Å². The summed E-state index contributed by atoms with van der Waals surface area (Å²) < 4.78 is 7.35. The molecule has 0 bridgehead atoms. The number of halogens is 1. The largest absolute Gasteiger partial charge is 0.460 e. The first-order valence-corrected chi connectivity index (χ1v) is 7.98. The van der Waals surface area contributed by atoms with Gasteiger partial charge in [-0.15, -0.1) is 0 Å². The van der Waals surface area contributed by atoms with Crippen molar-refractivity contribution >= 4 is 17.5 Å². The highest BCUT2D eigenvalue weighted by atomic mass is 35.5. The molecular formula is C15H18ClN5O2. The van der Waals surface area contributed by atoms with E-state index in [-0.39, 0.29) is 24.6 Å². The van der Waals surface area contributed by atoms with Crippen LogP contribution in [0.2, 0.25) is 5.02 Å². The second kappa shape index (κ2) is 7.41. The molecule has 0 aliphatic heterocycles. The molecule has 1 N–H and O–H groups in total. The van der Waals surface area contributed by atoms with Gasteiger partial charge < -0.3 is 10.1 Å². The summed E-state index contributed by atoms with van der Waals surface area (Å²) in [6, 6.07) is 2.33. The van der Waals surface area contributed by atoms with Crippen LogP contribution in [-0.4, -0.2) is 37.8 Å².